The minimum atomic E-state index is 0.676. The quantitative estimate of drug-likeness (QED) is 0.849. The van der Waals surface area contributed by atoms with E-state index in [9.17, 15) is 0 Å². The summed E-state index contributed by atoms with van der Waals surface area (Å²) in [7, 11) is 0. The van der Waals surface area contributed by atoms with E-state index >= 15 is 0 Å². The van der Waals surface area contributed by atoms with E-state index in [0.29, 0.717) is 12.1 Å². The van der Waals surface area contributed by atoms with E-state index in [-0.39, 0.29) is 0 Å². The predicted octanol–water partition coefficient (Wildman–Crippen LogP) is 4.05. The molecule has 0 amide bonds. The van der Waals surface area contributed by atoms with E-state index in [1.54, 1.807) is 0 Å². The largest absolute Gasteiger partial charge is 0.311 e. The van der Waals surface area contributed by atoms with Gasteiger partial charge in [0, 0.05) is 31.7 Å². The zero-order valence-corrected chi connectivity index (χ0v) is 14.3. The van der Waals surface area contributed by atoms with E-state index in [2.05, 4.69) is 56.1 Å². The molecule has 1 aliphatic rings. The van der Waals surface area contributed by atoms with Crippen molar-refractivity contribution in [3.05, 3.63) is 34.9 Å². The highest BCUT2D eigenvalue weighted by Gasteiger charge is 2.26. The van der Waals surface area contributed by atoms with Gasteiger partial charge in [0.25, 0.3) is 0 Å². The number of benzene rings is 1. The van der Waals surface area contributed by atoms with Crippen molar-refractivity contribution in [2.75, 3.05) is 13.1 Å². The lowest BCUT2D eigenvalue weighted by atomic mass is 10.00. The maximum Gasteiger partial charge on any atom is 0.0237 e. The normalized spacial score (nSPS) is 23.4. The summed E-state index contributed by atoms with van der Waals surface area (Å²) in [6, 6.07) is 8.32. The molecule has 1 aromatic carbocycles. The molecule has 2 heteroatoms. The first-order valence-corrected chi connectivity index (χ1v) is 8.67. The van der Waals surface area contributed by atoms with Crippen LogP contribution in [0.2, 0.25) is 0 Å². The van der Waals surface area contributed by atoms with Crippen LogP contribution in [0, 0.1) is 13.8 Å². The predicted molar refractivity (Wildman–Crippen MR) is 91.7 cm³/mol. The lowest BCUT2D eigenvalue weighted by Crippen LogP contribution is -2.55. The van der Waals surface area contributed by atoms with E-state index < -0.39 is 0 Å². The number of aryl methyl sites for hydroxylation is 2. The minimum Gasteiger partial charge on any atom is -0.311 e. The molecule has 1 heterocycles. The number of nitrogens with zero attached hydrogens (tertiary/aromatic N) is 1. The second-order valence-corrected chi connectivity index (χ2v) is 6.68. The Balaban J connectivity index is 2.05. The summed E-state index contributed by atoms with van der Waals surface area (Å²) in [6.45, 7) is 12.5. The Morgan fingerprint density at radius 3 is 2.52 bits per heavy atom. The second-order valence-electron chi connectivity index (χ2n) is 6.68. The Morgan fingerprint density at radius 1 is 1.10 bits per heavy atom. The average Bonchev–Trinajstić information content (AvgIpc) is 2.46. The highest BCUT2D eigenvalue weighted by Crippen LogP contribution is 2.19. The number of nitrogens with one attached hydrogen (secondary N) is 1. The summed E-state index contributed by atoms with van der Waals surface area (Å²) in [4.78, 5) is 2.71. The van der Waals surface area contributed by atoms with Gasteiger partial charge in [-0.05, 0) is 43.4 Å². The minimum absolute atomic E-state index is 0.676. The summed E-state index contributed by atoms with van der Waals surface area (Å²) in [5.41, 5.74) is 4.28. The van der Waals surface area contributed by atoms with E-state index in [4.69, 9.17) is 0 Å². The third-order valence-electron chi connectivity index (χ3n) is 4.83. The van der Waals surface area contributed by atoms with Crippen molar-refractivity contribution in [3.63, 3.8) is 0 Å². The van der Waals surface area contributed by atoms with E-state index in [0.717, 1.165) is 13.1 Å². The molecule has 1 saturated heterocycles. The van der Waals surface area contributed by atoms with Crippen molar-refractivity contribution in [1.29, 1.82) is 0 Å². The van der Waals surface area contributed by atoms with Crippen LogP contribution >= 0.6 is 0 Å². The molecule has 0 bridgehead atoms. The summed E-state index contributed by atoms with van der Waals surface area (Å²) < 4.78 is 0. The van der Waals surface area contributed by atoms with Gasteiger partial charge in [-0.25, -0.2) is 0 Å². The molecule has 1 fully saturated rings. The molecule has 2 atom stereocenters. The van der Waals surface area contributed by atoms with Gasteiger partial charge < -0.3 is 5.32 Å². The molecule has 1 N–H and O–H groups in total. The van der Waals surface area contributed by atoms with Gasteiger partial charge in [0.1, 0.15) is 0 Å². The fraction of sp³-hybridized carbons (Fsp3) is 0.684. The molecule has 0 aromatic heterocycles. The van der Waals surface area contributed by atoms with Crippen LogP contribution in [0.3, 0.4) is 0 Å². The Morgan fingerprint density at radius 2 is 1.86 bits per heavy atom. The molecule has 0 spiro atoms. The number of rotatable bonds is 6. The van der Waals surface area contributed by atoms with Crippen molar-refractivity contribution in [1.82, 2.24) is 10.2 Å². The SMILES string of the molecule is CCCC1CN(Cc2ccc(C)c(C)c2)C(CCC)CN1. The smallest absolute Gasteiger partial charge is 0.0237 e. The second kappa shape index (κ2) is 7.95. The molecular formula is C19H32N2. The number of hydrogen-bond donors (Lipinski definition) is 1. The monoisotopic (exact) mass is 288 g/mol. The summed E-state index contributed by atoms with van der Waals surface area (Å²) in [5, 5.41) is 3.75. The lowest BCUT2D eigenvalue weighted by Gasteiger charge is -2.40. The number of piperazine rings is 1. The zero-order chi connectivity index (χ0) is 15.2. The van der Waals surface area contributed by atoms with Gasteiger partial charge in [0.15, 0.2) is 0 Å². The summed E-state index contributed by atoms with van der Waals surface area (Å²) in [6.07, 6.45) is 5.14. The Kier molecular flexibility index (Phi) is 6.25. The van der Waals surface area contributed by atoms with Crippen molar-refractivity contribution >= 4 is 0 Å². The zero-order valence-electron chi connectivity index (χ0n) is 14.3. The molecule has 21 heavy (non-hydrogen) atoms. The third kappa shape index (κ3) is 4.55. The van der Waals surface area contributed by atoms with Gasteiger partial charge in [-0.1, -0.05) is 44.9 Å². The van der Waals surface area contributed by atoms with Crippen LogP contribution < -0.4 is 5.32 Å². The van der Waals surface area contributed by atoms with Crippen LogP contribution in [0.4, 0.5) is 0 Å². The van der Waals surface area contributed by atoms with Crippen molar-refractivity contribution in [3.8, 4) is 0 Å². The first kappa shape index (κ1) is 16.5. The maximum atomic E-state index is 3.75. The molecule has 2 nitrogen and oxygen atoms in total. The van der Waals surface area contributed by atoms with Crippen LogP contribution in [0.15, 0.2) is 18.2 Å². The van der Waals surface area contributed by atoms with Crippen LogP contribution in [0.1, 0.15) is 56.2 Å². The first-order valence-electron chi connectivity index (χ1n) is 8.67. The van der Waals surface area contributed by atoms with Crippen LogP contribution in [-0.4, -0.2) is 30.1 Å². The standard InChI is InChI=1S/C19H32N2/c1-5-7-18-14-21(19(8-6-2)12-20-18)13-17-10-9-15(3)16(4)11-17/h9-11,18-20H,5-8,12-14H2,1-4H3. The van der Waals surface area contributed by atoms with Gasteiger partial charge >= 0.3 is 0 Å². The van der Waals surface area contributed by atoms with Crippen molar-refractivity contribution in [2.45, 2.75) is 72.0 Å². The summed E-state index contributed by atoms with van der Waals surface area (Å²) in [5.74, 6) is 0. The topological polar surface area (TPSA) is 15.3 Å². The molecule has 0 aliphatic carbocycles. The molecule has 1 aliphatic heterocycles. The molecule has 118 valence electrons. The fourth-order valence-corrected chi connectivity index (χ4v) is 3.42. The van der Waals surface area contributed by atoms with Gasteiger partial charge in [-0.3, -0.25) is 4.90 Å². The highest BCUT2D eigenvalue weighted by atomic mass is 15.2. The summed E-state index contributed by atoms with van der Waals surface area (Å²) >= 11 is 0. The maximum absolute atomic E-state index is 3.75. The molecular weight excluding hydrogens is 256 g/mol. The Bertz CT molecular complexity index is 441. The van der Waals surface area contributed by atoms with E-state index in [1.807, 2.05) is 0 Å². The van der Waals surface area contributed by atoms with Crippen LogP contribution in [-0.2, 0) is 6.54 Å². The Hall–Kier alpha value is -0.860. The van der Waals surface area contributed by atoms with Crippen molar-refractivity contribution < 1.29 is 0 Å². The van der Waals surface area contributed by atoms with Gasteiger partial charge in [0.2, 0.25) is 0 Å². The number of hydrogen-bond acceptors (Lipinski definition) is 2. The van der Waals surface area contributed by atoms with Crippen LogP contribution in [0.5, 0.6) is 0 Å². The van der Waals surface area contributed by atoms with E-state index in [1.165, 1.54) is 48.9 Å². The highest BCUT2D eigenvalue weighted by molar-refractivity contribution is 5.29. The van der Waals surface area contributed by atoms with Crippen molar-refractivity contribution in [2.24, 2.45) is 0 Å². The molecule has 2 rings (SSSR count). The first-order chi connectivity index (χ1) is 10.1. The third-order valence-corrected chi connectivity index (χ3v) is 4.83. The molecule has 0 saturated carbocycles. The van der Waals surface area contributed by atoms with Gasteiger partial charge in [-0.2, -0.15) is 0 Å². The Labute approximate surface area is 130 Å². The van der Waals surface area contributed by atoms with Crippen LogP contribution in [0.25, 0.3) is 0 Å². The molecule has 2 unspecified atom stereocenters. The molecule has 0 radical (unpaired) electrons. The fourth-order valence-electron chi connectivity index (χ4n) is 3.42. The molecule has 1 aromatic rings. The average molecular weight is 288 g/mol. The van der Waals surface area contributed by atoms with Gasteiger partial charge in [0.05, 0.1) is 0 Å². The lowest BCUT2D eigenvalue weighted by molar-refractivity contribution is 0.112. The van der Waals surface area contributed by atoms with Gasteiger partial charge in [-0.15, -0.1) is 0 Å².